The van der Waals surface area contributed by atoms with Crippen molar-refractivity contribution in [3.63, 3.8) is 0 Å². The second-order valence-electron chi connectivity index (χ2n) is 7.16. The molecular formula is C20H24ClN5O. The third-order valence-corrected chi connectivity index (χ3v) is 5.81. The van der Waals surface area contributed by atoms with E-state index < -0.39 is 0 Å². The van der Waals surface area contributed by atoms with E-state index in [0.717, 1.165) is 37.9 Å². The summed E-state index contributed by atoms with van der Waals surface area (Å²) < 4.78 is 0. The Kier molecular flexibility index (Phi) is 5.55. The lowest BCUT2D eigenvalue weighted by molar-refractivity contribution is 0.102. The third kappa shape index (κ3) is 4.22. The van der Waals surface area contributed by atoms with Crippen LogP contribution in [-0.2, 0) is 0 Å². The van der Waals surface area contributed by atoms with Crippen molar-refractivity contribution in [1.29, 1.82) is 0 Å². The van der Waals surface area contributed by atoms with Crippen LogP contribution in [-0.4, -0.2) is 53.0 Å². The van der Waals surface area contributed by atoms with Gasteiger partial charge < -0.3 is 10.2 Å². The monoisotopic (exact) mass is 385 g/mol. The number of carbonyl (C=O) groups excluding carboxylic acids is 1. The smallest absolute Gasteiger partial charge is 0.259 e. The Morgan fingerprint density at radius 1 is 1.07 bits per heavy atom. The Morgan fingerprint density at radius 3 is 2.59 bits per heavy atom. The first-order chi connectivity index (χ1) is 13.2. The lowest BCUT2D eigenvalue weighted by Gasteiger charge is -2.39. The van der Waals surface area contributed by atoms with Gasteiger partial charge in [0.1, 0.15) is 11.0 Å². The van der Waals surface area contributed by atoms with Gasteiger partial charge in [-0.1, -0.05) is 24.4 Å². The molecule has 6 nitrogen and oxygen atoms in total. The molecule has 2 aromatic heterocycles. The number of aromatic nitrogens is 2. The van der Waals surface area contributed by atoms with E-state index in [9.17, 15) is 4.79 Å². The number of rotatable bonds is 4. The van der Waals surface area contributed by atoms with Gasteiger partial charge in [0.15, 0.2) is 0 Å². The number of nitrogens with zero attached hydrogens (tertiary/aromatic N) is 4. The number of amides is 1. The molecule has 4 rings (SSSR count). The molecule has 142 valence electrons. The summed E-state index contributed by atoms with van der Waals surface area (Å²) in [6.45, 7) is 4.20. The Balaban J connectivity index is 1.39. The molecule has 1 amide bonds. The van der Waals surface area contributed by atoms with Crippen LogP contribution in [0.25, 0.3) is 0 Å². The molecule has 0 atom stereocenters. The van der Waals surface area contributed by atoms with E-state index in [4.69, 9.17) is 11.6 Å². The first kappa shape index (κ1) is 18.2. The number of halogens is 1. The summed E-state index contributed by atoms with van der Waals surface area (Å²) in [5.74, 6) is 0.222. The van der Waals surface area contributed by atoms with Crippen LogP contribution in [0.2, 0.25) is 5.15 Å². The lowest BCUT2D eigenvalue weighted by atomic mass is 10.1. The van der Waals surface area contributed by atoms with Crippen molar-refractivity contribution in [2.75, 3.05) is 36.4 Å². The van der Waals surface area contributed by atoms with Gasteiger partial charge in [0.05, 0.1) is 5.56 Å². The summed E-state index contributed by atoms with van der Waals surface area (Å²) in [6, 6.07) is 8.04. The van der Waals surface area contributed by atoms with Crippen LogP contribution in [0.1, 0.15) is 36.0 Å². The van der Waals surface area contributed by atoms with E-state index in [0.29, 0.717) is 11.4 Å². The van der Waals surface area contributed by atoms with Crippen molar-refractivity contribution >= 4 is 29.0 Å². The van der Waals surface area contributed by atoms with Gasteiger partial charge in [0.25, 0.3) is 5.91 Å². The number of pyridine rings is 2. The predicted octanol–water partition coefficient (Wildman–Crippen LogP) is 3.45. The van der Waals surface area contributed by atoms with Crippen LogP contribution in [0.15, 0.2) is 36.7 Å². The maximum atomic E-state index is 12.4. The van der Waals surface area contributed by atoms with E-state index in [2.05, 4.69) is 25.1 Å². The van der Waals surface area contributed by atoms with Gasteiger partial charge in [-0.2, -0.15) is 0 Å². The first-order valence-electron chi connectivity index (χ1n) is 9.57. The molecule has 2 aliphatic rings. The fourth-order valence-corrected chi connectivity index (χ4v) is 4.24. The highest BCUT2D eigenvalue weighted by atomic mass is 35.5. The Bertz CT molecular complexity index is 800. The molecule has 1 saturated carbocycles. The van der Waals surface area contributed by atoms with Gasteiger partial charge in [-0.15, -0.1) is 0 Å². The minimum absolute atomic E-state index is 0.189. The highest BCUT2D eigenvalue weighted by molar-refractivity contribution is 6.33. The van der Waals surface area contributed by atoms with Gasteiger partial charge in [-0.25, -0.2) is 9.97 Å². The number of carbonyl (C=O) groups is 1. The molecule has 1 N–H and O–H groups in total. The van der Waals surface area contributed by atoms with Crippen LogP contribution in [0.3, 0.4) is 0 Å². The van der Waals surface area contributed by atoms with Crippen molar-refractivity contribution in [2.24, 2.45) is 0 Å². The highest BCUT2D eigenvalue weighted by Gasteiger charge is 2.26. The molecule has 0 radical (unpaired) electrons. The third-order valence-electron chi connectivity index (χ3n) is 5.51. The van der Waals surface area contributed by atoms with Crippen molar-refractivity contribution < 1.29 is 4.79 Å². The maximum Gasteiger partial charge on any atom is 0.259 e. The average molecular weight is 386 g/mol. The molecule has 2 fully saturated rings. The minimum atomic E-state index is -0.302. The average Bonchev–Trinajstić information content (AvgIpc) is 3.23. The van der Waals surface area contributed by atoms with E-state index >= 15 is 0 Å². The molecule has 0 unspecified atom stereocenters. The zero-order chi connectivity index (χ0) is 18.6. The van der Waals surface area contributed by atoms with E-state index in [1.165, 1.54) is 25.7 Å². The van der Waals surface area contributed by atoms with E-state index in [-0.39, 0.29) is 11.1 Å². The van der Waals surface area contributed by atoms with Gasteiger partial charge >= 0.3 is 0 Å². The van der Waals surface area contributed by atoms with E-state index in [1.54, 1.807) is 24.5 Å². The number of anilines is 2. The summed E-state index contributed by atoms with van der Waals surface area (Å²) in [4.78, 5) is 25.6. The summed E-state index contributed by atoms with van der Waals surface area (Å²) in [5.41, 5.74) is 1.43. The molecule has 0 aromatic carbocycles. The Morgan fingerprint density at radius 2 is 1.85 bits per heavy atom. The molecule has 27 heavy (non-hydrogen) atoms. The largest absolute Gasteiger partial charge is 0.369 e. The molecule has 1 saturated heterocycles. The number of nitrogens with one attached hydrogen (secondary N) is 1. The van der Waals surface area contributed by atoms with Crippen molar-refractivity contribution in [1.82, 2.24) is 14.9 Å². The minimum Gasteiger partial charge on any atom is -0.369 e. The fourth-order valence-electron chi connectivity index (χ4n) is 4.04. The quantitative estimate of drug-likeness (QED) is 0.817. The van der Waals surface area contributed by atoms with Crippen LogP contribution >= 0.6 is 11.6 Å². The summed E-state index contributed by atoms with van der Waals surface area (Å²) in [7, 11) is 0. The second kappa shape index (κ2) is 8.23. The summed E-state index contributed by atoms with van der Waals surface area (Å²) in [5, 5.41) is 3.01. The summed E-state index contributed by atoms with van der Waals surface area (Å²) in [6.07, 6.45) is 8.74. The Labute approximate surface area is 164 Å². The highest BCUT2D eigenvalue weighted by Crippen LogP contribution is 2.26. The molecule has 1 aliphatic heterocycles. The first-order valence-corrected chi connectivity index (χ1v) is 9.95. The van der Waals surface area contributed by atoms with Crippen LogP contribution in [0.4, 0.5) is 11.5 Å². The number of hydrogen-bond acceptors (Lipinski definition) is 5. The zero-order valence-corrected chi connectivity index (χ0v) is 16.0. The zero-order valence-electron chi connectivity index (χ0n) is 15.3. The molecular weight excluding hydrogens is 362 g/mol. The molecule has 2 aromatic rings. The predicted molar refractivity (Wildman–Crippen MR) is 107 cm³/mol. The van der Waals surface area contributed by atoms with Gasteiger partial charge in [-0.05, 0) is 31.0 Å². The Hall–Kier alpha value is -2.18. The molecule has 1 aliphatic carbocycles. The van der Waals surface area contributed by atoms with Gasteiger partial charge in [0.2, 0.25) is 0 Å². The molecule has 7 heteroatoms. The van der Waals surface area contributed by atoms with Gasteiger partial charge in [-0.3, -0.25) is 9.69 Å². The molecule has 0 spiro atoms. The topological polar surface area (TPSA) is 61.4 Å². The fraction of sp³-hybridized carbons (Fsp3) is 0.450. The standard InChI is InChI=1S/C20H24ClN5O/c21-19-17(6-3-8-23-19)20(27)24-18-14-16(7-9-22-18)26-12-10-25(11-13-26)15-4-1-2-5-15/h3,6-9,14-15H,1-2,4-5,10-13H2,(H,22,24,27). The number of piperazine rings is 1. The molecule has 0 bridgehead atoms. The van der Waals surface area contributed by atoms with Crippen LogP contribution in [0, 0.1) is 0 Å². The summed E-state index contributed by atoms with van der Waals surface area (Å²) >= 11 is 6.00. The van der Waals surface area contributed by atoms with Crippen LogP contribution in [0.5, 0.6) is 0 Å². The number of hydrogen-bond donors (Lipinski definition) is 1. The van der Waals surface area contributed by atoms with Crippen molar-refractivity contribution in [3.8, 4) is 0 Å². The molecule has 3 heterocycles. The normalized spacial score (nSPS) is 18.6. The lowest BCUT2D eigenvalue weighted by Crippen LogP contribution is -2.49. The SMILES string of the molecule is O=C(Nc1cc(N2CCN(C3CCCC3)CC2)ccn1)c1cccnc1Cl. The van der Waals surface area contributed by atoms with Crippen molar-refractivity contribution in [3.05, 3.63) is 47.4 Å². The second-order valence-corrected chi connectivity index (χ2v) is 7.51. The van der Waals surface area contributed by atoms with E-state index in [1.807, 2.05) is 12.1 Å². The maximum absolute atomic E-state index is 12.4. The van der Waals surface area contributed by atoms with Crippen molar-refractivity contribution in [2.45, 2.75) is 31.7 Å². The van der Waals surface area contributed by atoms with Gasteiger partial charge in [0, 0.05) is 56.4 Å². The van der Waals surface area contributed by atoms with Crippen LogP contribution < -0.4 is 10.2 Å².